The van der Waals surface area contributed by atoms with Gasteiger partial charge in [0, 0.05) is 11.6 Å². The van der Waals surface area contributed by atoms with E-state index in [1.54, 1.807) is 6.33 Å². The molecule has 0 spiro atoms. The first-order valence-corrected chi connectivity index (χ1v) is 6.23. The number of para-hydroxylation sites is 2. The Morgan fingerprint density at radius 2 is 1.84 bits per heavy atom. The van der Waals surface area contributed by atoms with Crippen LogP contribution in [0, 0.1) is 13.8 Å². The Kier molecular flexibility index (Phi) is 1.93. The van der Waals surface area contributed by atoms with Gasteiger partial charge in [-0.1, -0.05) is 12.1 Å². The van der Waals surface area contributed by atoms with E-state index in [1.807, 2.05) is 24.4 Å². The van der Waals surface area contributed by atoms with Crippen LogP contribution in [0.2, 0.25) is 0 Å². The van der Waals surface area contributed by atoms with Crippen LogP contribution in [-0.2, 0) is 0 Å². The quantitative estimate of drug-likeness (QED) is 0.480. The number of benzene rings is 1. The molecule has 0 saturated carbocycles. The van der Waals surface area contributed by atoms with Crippen LogP contribution in [-0.4, -0.2) is 19.4 Å². The molecule has 4 aromatic rings. The molecule has 0 aliphatic heterocycles. The fourth-order valence-electron chi connectivity index (χ4n) is 2.63. The summed E-state index contributed by atoms with van der Waals surface area (Å²) in [7, 11) is 0. The number of aryl methyl sites for hydroxylation is 2. The summed E-state index contributed by atoms with van der Waals surface area (Å²) in [6, 6.07) is 8.14. The average Bonchev–Trinajstić information content (AvgIpc) is 2.84. The smallest absolute Gasteiger partial charge is 0.149 e. The summed E-state index contributed by atoms with van der Waals surface area (Å²) in [4.78, 5) is 13.3. The van der Waals surface area contributed by atoms with Crippen molar-refractivity contribution >= 4 is 27.7 Å². The second-order valence-corrected chi connectivity index (χ2v) is 4.77. The van der Waals surface area contributed by atoms with Crippen molar-refractivity contribution in [2.45, 2.75) is 13.8 Å². The van der Waals surface area contributed by atoms with Gasteiger partial charge in [-0.3, -0.25) is 4.40 Å². The third-order valence-corrected chi connectivity index (χ3v) is 3.77. The highest BCUT2D eigenvalue weighted by atomic mass is 15.1. The topological polar surface area (TPSA) is 43.1 Å². The summed E-state index contributed by atoms with van der Waals surface area (Å²) < 4.78 is 2.12. The second-order valence-electron chi connectivity index (χ2n) is 4.77. The zero-order chi connectivity index (χ0) is 13.0. The lowest BCUT2D eigenvalue weighted by atomic mass is 10.1. The predicted octanol–water partition coefficient (Wildman–Crippen LogP) is 3.05. The molecule has 0 radical (unpaired) electrons. The van der Waals surface area contributed by atoms with Crippen LogP contribution in [0.4, 0.5) is 0 Å². The summed E-state index contributed by atoms with van der Waals surface area (Å²) in [5.74, 6) is 0. The molecular weight excluding hydrogens is 236 g/mol. The van der Waals surface area contributed by atoms with E-state index < -0.39 is 0 Å². The molecule has 0 aliphatic rings. The maximum absolute atomic E-state index is 4.73. The first kappa shape index (κ1) is 10.4. The number of hydrogen-bond acceptors (Lipinski definition) is 3. The molecule has 0 amide bonds. The van der Waals surface area contributed by atoms with Gasteiger partial charge in [0.05, 0.1) is 11.0 Å². The van der Waals surface area contributed by atoms with Gasteiger partial charge in [0.25, 0.3) is 0 Å². The molecule has 0 fully saturated rings. The van der Waals surface area contributed by atoms with E-state index in [-0.39, 0.29) is 0 Å². The minimum absolute atomic E-state index is 0.918. The normalized spacial score (nSPS) is 11.7. The molecule has 4 rings (SSSR count). The molecular formula is C15H12N4. The number of imidazole rings is 1. The molecule has 0 saturated heterocycles. The fraction of sp³-hybridized carbons (Fsp3) is 0.133. The van der Waals surface area contributed by atoms with Crippen molar-refractivity contribution < 1.29 is 0 Å². The van der Waals surface area contributed by atoms with Gasteiger partial charge in [-0.2, -0.15) is 0 Å². The molecule has 19 heavy (non-hydrogen) atoms. The minimum Gasteiger partial charge on any atom is -0.276 e. The summed E-state index contributed by atoms with van der Waals surface area (Å²) in [5.41, 5.74) is 6.35. The molecule has 3 heterocycles. The van der Waals surface area contributed by atoms with Gasteiger partial charge in [0.15, 0.2) is 0 Å². The summed E-state index contributed by atoms with van der Waals surface area (Å²) >= 11 is 0. The number of fused-ring (bicyclic) bond motifs is 5. The lowest BCUT2D eigenvalue weighted by molar-refractivity contribution is 1.13. The van der Waals surface area contributed by atoms with Gasteiger partial charge >= 0.3 is 0 Å². The molecule has 92 valence electrons. The van der Waals surface area contributed by atoms with E-state index in [9.17, 15) is 0 Å². The van der Waals surface area contributed by atoms with Gasteiger partial charge in [-0.15, -0.1) is 0 Å². The molecule has 0 aliphatic carbocycles. The first-order valence-electron chi connectivity index (χ1n) is 6.23. The number of pyridine rings is 1. The summed E-state index contributed by atoms with van der Waals surface area (Å²) in [5, 5.41) is 1.08. The fourth-order valence-corrected chi connectivity index (χ4v) is 2.63. The Morgan fingerprint density at radius 1 is 1.00 bits per heavy atom. The van der Waals surface area contributed by atoms with Crippen molar-refractivity contribution in [2.75, 3.05) is 0 Å². The highest BCUT2D eigenvalue weighted by Gasteiger charge is 2.13. The van der Waals surface area contributed by atoms with Gasteiger partial charge in [-0.05, 0) is 37.1 Å². The molecule has 4 heteroatoms. The molecule has 0 bridgehead atoms. The molecule has 0 N–H and O–H groups in total. The Bertz CT molecular complexity index is 937. The lowest BCUT2D eigenvalue weighted by Crippen LogP contribution is -1.98. The Morgan fingerprint density at radius 3 is 2.74 bits per heavy atom. The van der Waals surface area contributed by atoms with Gasteiger partial charge in [-0.25, -0.2) is 15.0 Å². The Hall–Kier alpha value is -2.49. The maximum atomic E-state index is 4.73. The van der Waals surface area contributed by atoms with Crippen molar-refractivity contribution in [2.24, 2.45) is 0 Å². The standard InChI is InChI=1S/C15H12N4/c1-9-10(2)14-18-12-5-3-4-6-13(12)19(14)15-11(9)7-16-8-17-15/h3-8H,1-2H3. The second kappa shape index (κ2) is 3.51. The number of hydrogen-bond donors (Lipinski definition) is 0. The zero-order valence-corrected chi connectivity index (χ0v) is 10.8. The molecule has 4 nitrogen and oxygen atoms in total. The number of nitrogens with zero attached hydrogens (tertiary/aromatic N) is 4. The molecule has 0 atom stereocenters. The van der Waals surface area contributed by atoms with Crippen molar-refractivity contribution in [1.82, 2.24) is 19.4 Å². The summed E-state index contributed by atoms with van der Waals surface area (Å²) in [6.07, 6.45) is 3.46. The van der Waals surface area contributed by atoms with E-state index in [0.717, 1.165) is 27.7 Å². The minimum atomic E-state index is 0.918. The first-order chi connectivity index (χ1) is 9.27. The molecule has 3 aromatic heterocycles. The van der Waals surface area contributed by atoms with Gasteiger partial charge < -0.3 is 0 Å². The number of aromatic nitrogens is 4. The Balaban J connectivity index is 2.43. The average molecular weight is 248 g/mol. The van der Waals surface area contributed by atoms with Crippen LogP contribution in [0.1, 0.15) is 11.1 Å². The maximum Gasteiger partial charge on any atom is 0.149 e. The highest BCUT2D eigenvalue weighted by molar-refractivity contribution is 5.91. The third kappa shape index (κ3) is 1.25. The van der Waals surface area contributed by atoms with E-state index >= 15 is 0 Å². The van der Waals surface area contributed by atoms with E-state index in [2.05, 4.69) is 34.3 Å². The van der Waals surface area contributed by atoms with Crippen molar-refractivity contribution in [3.8, 4) is 0 Å². The molecule has 0 unspecified atom stereocenters. The van der Waals surface area contributed by atoms with Crippen LogP contribution >= 0.6 is 0 Å². The molecule has 1 aromatic carbocycles. The van der Waals surface area contributed by atoms with Gasteiger partial charge in [0.1, 0.15) is 17.6 Å². The van der Waals surface area contributed by atoms with E-state index in [1.165, 1.54) is 11.1 Å². The monoisotopic (exact) mass is 248 g/mol. The van der Waals surface area contributed by atoms with Crippen LogP contribution in [0.3, 0.4) is 0 Å². The predicted molar refractivity (Wildman–Crippen MR) is 75.3 cm³/mol. The van der Waals surface area contributed by atoms with Crippen LogP contribution in [0.5, 0.6) is 0 Å². The van der Waals surface area contributed by atoms with E-state index in [0.29, 0.717) is 0 Å². The lowest BCUT2D eigenvalue weighted by Gasteiger charge is -2.08. The van der Waals surface area contributed by atoms with Crippen molar-refractivity contribution in [1.29, 1.82) is 0 Å². The van der Waals surface area contributed by atoms with Crippen LogP contribution in [0.25, 0.3) is 27.7 Å². The van der Waals surface area contributed by atoms with Crippen LogP contribution < -0.4 is 0 Å². The Labute approximate surface area is 109 Å². The largest absolute Gasteiger partial charge is 0.276 e. The van der Waals surface area contributed by atoms with Crippen molar-refractivity contribution in [3.05, 3.63) is 47.9 Å². The summed E-state index contributed by atoms with van der Waals surface area (Å²) in [6.45, 7) is 4.20. The SMILES string of the molecule is Cc1c(C)c2nc3ccccc3n2c2ncncc12. The van der Waals surface area contributed by atoms with Gasteiger partial charge in [0.2, 0.25) is 0 Å². The van der Waals surface area contributed by atoms with E-state index in [4.69, 9.17) is 4.98 Å². The van der Waals surface area contributed by atoms with Crippen molar-refractivity contribution in [3.63, 3.8) is 0 Å². The van der Waals surface area contributed by atoms with Crippen LogP contribution in [0.15, 0.2) is 36.8 Å². The number of rotatable bonds is 0. The third-order valence-electron chi connectivity index (χ3n) is 3.77. The zero-order valence-electron chi connectivity index (χ0n) is 10.8. The highest BCUT2D eigenvalue weighted by Crippen LogP contribution is 2.27.